The van der Waals surface area contributed by atoms with E-state index < -0.39 is 0 Å². The Bertz CT molecular complexity index is 1410. The predicted octanol–water partition coefficient (Wildman–Crippen LogP) is 7.81. The first-order valence-electron chi connectivity index (χ1n) is 11.4. The van der Waals surface area contributed by atoms with Gasteiger partial charge in [0.15, 0.2) is 0 Å². The number of nitrogens with zero attached hydrogens (tertiary/aromatic N) is 2. The summed E-state index contributed by atoms with van der Waals surface area (Å²) in [7, 11) is 0. The van der Waals surface area contributed by atoms with Crippen LogP contribution in [-0.4, -0.2) is 11.2 Å². The molecule has 0 unspecified atom stereocenters. The normalized spacial score (nSPS) is 11.0. The van der Waals surface area contributed by atoms with Gasteiger partial charge in [-0.25, -0.2) is 4.98 Å². The average molecular weight is 476 g/mol. The highest BCUT2D eigenvalue weighted by Gasteiger charge is 2.14. The van der Waals surface area contributed by atoms with Crippen molar-refractivity contribution in [3.63, 3.8) is 0 Å². The largest absolute Gasteiger partial charge is 0.488 e. The molecule has 1 heterocycles. The lowest BCUT2D eigenvalue weighted by molar-refractivity contribution is 0.306. The number of aromatic nitrogens is 1. The molecular weight excluding hydrogens is 450 g/mol. The van der Waals surface area contributed by atoms with E-state index in [0.29, 0.717) is 6.61 Å². The zero-order valence-electron chi connectivity index (χ0n) is 19.4. The molecule has 0 radical (unpaired) electrons. The highest BCUT2D eigenvalue weighted by atomic mass is 32.1. The summed E-state index contributed by atoms with van der Waals surface area (Å²) in [6.45, 7) is 2.60. The van der Waals surface area contributed by atoms with Crippen LogP contribution in [0.1, 0.15) is 16.7 Å². The van der Waals surface area contributed by atoms with E-state index in [2.05, 4.69) is 66.0 Å². The lowest BCUT2D eigenvalue weighted by atomic mass is 10.1. The molecule has 0 aliphatic rings. The van der Waals surface area contributed by atoms with Crippen molar-refractivity contribution in [2.24, 2.45) is 5.10 Å². The molecule has 0 atom stereocenters. The molecule has 35 heavy (non-hydrogen) atoms. The number of anilines is 1. The zero-order chi connectivity index (χ0) is 23.9. The van der Waals surface area contributed by atoms with Crippen LogP contribution in [0.4, 0.5) is 5.13 Å². The maximum Gasteiger partial charge on any atom is 0.204 e. The maximum absolute atomic E-state index is 6.04. The van der Waals surface area contributed by atoms with E-state index in [1.165, 1.54) is 5.56 Å². The molecule has 4 aromatic carbocycles. The number of aryl methyl sites for hydroxylation is 1. The Morgan fingerprint density at radius 3 is 2.26 bits per heavy atom. The highest BCUT2D eigenvalue weighted by molar-refractivity contribution is 7.19. The van der Waals surface area contributed by atoms with Crippen LogP contribution in [0, 0.1) is 6.92 Å². The van der Waals surface area contributed by atoms with Crippen molar-refractivity contribution in [3.8, 4) is 27.4 Å². The number of rotatable bonds is 8. The van der Waals surface area contributed by atoms with Gasteiger partial charge in [-0.1, -0.05) is 114 Å². The first kappa shape index (κ1) is 22.6. The lowest BCUT2D eigenvalue weighted by Gasteiger charge is -2.08. The minimum Gasteiger partial charge on any atom is -0.488 e. The van der Waals surface area contributed by atoms with Gasteiger partial charge in [0, 0.05) is 11.1 Å². The van der Waals surface area contributed by atoms with Crippen LogP contribution in [-0.2, 0) is 6.61 Å². The molecule has 0 saturated heterocycles. The second kappa shape index (κ2) is 10.8. The van der Waals surface area contributed by atoms with Gasteiger partial charge in [-0.15, -0.1) is 0 Å². The Hall–Kier alpha value is -4.22. The molecule has 1 N–H and O–H groups in total. The highest BCUT2D eigenvalue weighted by Crippen LogP contribution is 2.39. The van der Waals surface area contributed by atoms with E-state index in [1.54, 1.807) is 17.6 Å². The molecule has 172 valence electrons. The van der Waals surface area contributed by atoms with Crippen molar-refractivity contribution in [3.05, 3.63) is 126 Å². The van der Waals surface area contributed by atoms with E-state index in [9.17, 15) is 0 Å². The number of hydrogen-bond donors (Lipinski definition) is 1. The van der Waals surface area contributed by atoms with E-state index in [-0.39, 0.29) is 0 Å². The molecule has 5 heteroatoms. The van der Waals surface area contributed by atoms with E-state index >= 15 is 0 Å². The molecule has 0 amide bonds. The zero-order valence-corrected chi connectivity index (χ0v) is 20.2. The van der Waals surface area contributed by atoms with Gasteiger partial charge in [-0.05, 0) is 30.2 Å². The minimum atomic E-state index is 0.506. The van der Waals surface area contributed by atoms with E-state index in [4.69, 9.17) is 9.72 Å². The van der Waals surface area contributed by atoms with Crippen LogP contribution >= 0.6 is 11.3 Å². The van der Waals surface area contributed by atoms with E-state index in [0.717, 1.165) is 43.7 Å². The van der Waals surface area contributed by atoms with Crippen molar-refractivity contribution in [2.75, 3.05) is 5.43 Å². The van der Waals surface area contributed by atoms with Gasteiger partial charge in [-0.3, -0.25) is 5.43 Å². The third kappa shape index (κ3) is 5.65. The van der Waals surface area contributed by atoms with Crippen LogP contribution in [0.2, 0.25) is 0 Å². The summed E-state index contributed by atoms with van der Waals surface area (Å²) in [4.78, 5) is 5.99. The van der Waals surface area contributed by atoms with Gasteiger partial charge in [-0.2, -0.15) is 5.10 Å². The van der Waals surface area contributed by atoms with Crippen molar-refractivity contribution in [1.29, 1.82) is 0 Å². The number of nitrogens with one attached hydrogen (secondary N) is 1. The Kier molecular flexibility index (Phi) is 6.97. The van der Waals surface area contributed by atoms with Gasteiger partial charge >= 0.3 is 0 Å². The third-order valence-corrected chi connectivity index (χ3v) is 6.52. The Morgan fingerprint density at radius 1 is 0.800 bits per heavy atom. The van der Waals surface area contributed by atoms with Gasteiger partial charge in [0.2, 0.25) is 5.13 Å². The van der Waals surface area contributed by atoms with E-state index in [1.807, 2.05) is 60.7 Å². The van der Waals surface area contributed by atoms with Gasteiger partial charge < -0.3 is 4.74 Å². The fourth-order valence-corrected chi connectivity index (χ4v) is 4.61. The van der Waals surface area contributed by atoms with Gasteiger partial charge in [0.1, 0.15) is 12.4 Å². The van der Waals surface area contributed by atoms with Crippen LogP contribution in [0.3, 0.4) is 0 Å². The number of hydrogen-bond acceptors (Lipinski definition) is 5. The molecular formula is C30H25N3OS. The van der Waals surface area contributed by atoms with Crippen molar-refractivity contribution >= 4 is 22.7 Å². The average Bonchev–Trinajstić information content (AvgIpc) is 3.34. The van der Waals surface area contributed by atoms with Crippen molar-refractivity contribution in [2.45, 2.75) is 13.5 Å². The Labute approximate surface area is 209 Å². The van der Waals surface area contributed by atoms with Crippen LogP contribution in [0.5, 0.6) is 5.75 Å². The molecule has 0 bridgehead atoms. The molecule has 4 nitrogen and oxygen atoms in total. The number of thiazole rings is 1. The smallest absolute Gasteiger partial charge is 0.204 e. The standard InChI is InChI=1S/C30H25N3OS/c1-22-16-18-24(19-17-22)28-29(25-12-6-3-7-13-25)35-30(32-28)33-31-20-26-14-8-9-15-27(26)34-21-23-10-4-2-5-11-23/h2-20H,21H2,1H3,(H,32,33)/b31-20-. The second-order valence-corrected chi connectivity index (χ2v) is 9.11. The number of ether oxygens (including phenoxy) is 1. The molecule has 0 spiro atoms. The topological polar surface area (TPSA) is 46.5 Å². The SMILES string of the molecule is Cc1ccc(-c2nc(N/N=C\c3ccccc3OCc3ccccc3)sc2-c2ccccc2)cc1. The van der Waals surface area contributed by atoms with Crippen LogP contribution < -0.4 is 10.2 Å². The molecule has 0 saturated carbocycles. The summed E-state index contributed by atoms with van der Waals surface area (Å²) >= 11 is 1.59. The summed E-state index contributed by atoms with van der Waals surface area (Å²) in [5, 5.41) is 5.21. The first-order chi connectivity index (χ1) is 17.3. The first-order valence-corrected chi connectivity index (χ1v) is 12.3. The summed E-state index contributed by atoms with van der Waals surface area (Å²) < 4.78 is 6.04. The van der Waals surface area contributed by atoms with Crippen molar-refractivity contribution in [1.82, 2.24) is 4.98 Å². The van der Waals surface area contributed by atoms with Gasteiger partial charge in [0.25, 0.3) is 0 Å². The molecule has 5 rings (SSSR count). The Balaban J connectivity index is 1.36. The monoisotopic (exact) mass is 475 g/mol. The summed E-state index contributed by atoms with van der Waals surface area (Å²) in [5.74, 6) is 0.784. The Morgan fingerprint density at radius 2 is 1.49 bits per heavy atom. The summed E-state index contributed by atoms with van der Waals surface area (Å²) in [6.07, 6.45) is 1.77. The molecule has 5 aromatic rings. The van der Waals surface area contributed by atoms with Crippen LogP contribution in [0.15, 0.2) is 114 Å². The molecule has 0 fully saturated rings. The fourth-order valence-electron chi connectivity index (χ4n) is 3.67. The molecule has 1 aromatic heterocycles. The van der Waals surface area contributed by atoms with Gasteiger partial charge in [0.05, 0.1) is 16.8 Å². The summed E-state index contributed by atoms with van der Waals surface area (Å²) in [6, 6.07) is 36.8. The minimum absolute atomic E-state index is 0.506. The van der Waals surface area contributed by atoms with Crippen molar-refractivity contribution < 1.29 is 4.74 Å². The summed E-state index contributed by atoms with van der Waals surface area (Å²) in [5.41, 5.74) is 9.54. The number of benzene rings is 4. The molecule has 0 aliphatic heterocycles. The predicted molar refractivity (Wildman–Crippen MR) is 146 cm³/mol. The second-order valence-electron chi connectivity index (χ2n) is 8.11. The quantitative estimate of drug-likeness (QED) is 0.184. The third-order valence-electron chi connectivity index (χ3n) is 5.51. The maximum atomic E-state index is 6.04. The molecule has 0 aliphatic carbocycles. The van der Waals surface area contributed by atoms with Crippen LogP contribution in [0.25, 0.3) is 21.7 Å². The lowest BCUT2D eigenvalue weighted by Crippen LogP contribution is -1.99. The fraction of sp³-hybridized carbons (Fsp3) is 0.0667. The number of hydrazone groups is 1. The number of para-hydroxylation sites is 1.